The van der Waals surface area contributed by atoms with Gasteiger partial charge in [0.1, 0.15) is 11.3 Å². The van der Waals surface area contributed by atoms with Gasteiger partial charge in [0.15, 0.2) is 0 Å². The lowest BCUT2D eigenvalue weighted by Crippen LogP contribution is -2.34. The van der Waals surface area contributed by atoms with Crippen LogP contribution in [-0.4, -0.2) is 44.9 Å². The van der Waals surface area contributed by atoms with E-state index in [4.69, 9.17) is 15.0 Å². The molecule has 0 saturated heterocycles. The molecule has 10 heteroatoms. The van der Waals surface area contributed by atoms with E-state index in [1.165, 1.54) is 25.3 Å². The Bertz CT molecular complexity index is 643. The van der Waals surface area contributed by atoms with Crippen molar-refractivity contribution in [2.75, 3.05) is 24.7 Å². The number of sulfonamides is 1. The number of amides is 2. The SMILES string of the molecule is COc1cc(NC(=O)NCCS(N)(=O)=O)ccc1C(=O)O. The highest BCUT2D eigenvalue weighted by Gasteiger charge is 2.12. The van der Waals surface area contributed by atoms with Gasteiger partial charge in [-0.05, 0) is 12.1 Å². The normalized spacial score (nSPS) is 10.8. The zero-order chi connectivity index (χ0) is 16.0. The van der Waals surface area contributed by atoms with E-state index in [0.717, 1.165) is 0 Å². The number of carbonyl (C=O) groups is 2. The third kappa shape index (κ3) is 5.67. The number of ether oxygens (including phenoxy) is 1. The van der Waals surface area contributed by atoms with Crippen molar-refractivity contribution >= 4 is 27.7 Å². The molecule has 0 aromatic heterocycles. The van der Waals surface area contributed by atoms with Gasteiger partial charge in [0.25, 0.3) is 0 Å². The number of benzene rings is 1. The molecule has 116 valence electrons. The summed E-state index contributed by atoms with van der Waals surface area (Å²) in [5.41, 5.74) is 0.252. The molecule has 0 aliphatic heterocycles. The van der Waals surface area contributed by atoms with Crippen molar-refractivity contribution in [2.24, 2.45) is 5.14 Å². The second-order valence-corrected chi connectivity index (χ2v) is 5.70. The van der Waals surface area contributed by atoms with E-state index in [-0.39, 0.29) is 23.6 Å². The second-order valence-electron chi connectivity index (χ2n) is 3.97. The molecule has 1 aromatic rings. The molecule has 0 unspecified atom stereocenters. The predicted octanol–water partition coefficient (Wildman–Crippen LogP) is -0.197. The number of nitrogens with two attached hydrogens (primary N) is 1. The third-order valence-corrected chi connectivity index (χ3v) is 3.14. The number of carbonyl (C=O) groups excluding carboxylic acids is 1. The van der Waals surface area contributed by atoms with E-state index < -0.39 is 22.0 Å². The van der Waals surface area contributed by atoms with Gasteiger partial charge in [-0.15, -0.1) is 0 Å². The molecule has 1 aromatic carbocycles. The molecule has 0 heterocycles. The van der Waals surface area contributed by atoms with Gasteiger partial charge < -0.3 is 20.5 Å². The summed E-state index contributed by atoms with van der Waals surface area (Å²) in [6, 6.07) is 3.35. The Hall–Kier alpha value is -2.33. The van der Waals surface area contributed by atoms with Crippen LogP contribution >= 0.6 is 0 Å². The molecule has 1 rings (SSSR count). The molecular weight excluding hydrogens is 302 g/mol. The molecule has 9 nitrogen and oxygen atoms in total. The van der Waals surface area contributed by atoms with Gasteiger partial charge in [0.2, 0.25) is 10.0 Å². The Morgan fingerprint density at radius 2 is 2.05 bits per heavy atom. The molecule has 0 aliphatic carbocycles. The first-order valence-corrected chi connectivity index (χ1v) is 7.41. The zero-order valence-electron chi connectivity index (χ0n) is 11.1. The second kappa shape index (κ2) is 6.90. The van der Waals surface area contributed by atoms with Crippen molar-refractivity contribution in [1.82, 2.24) is 5.32 Å². The number of carboxylic acid groups (broad SMARTS) is 1. The number of hydrogen-bond donors (Lipinski definition) is 4. The van der Waals surface area contributed by atoms with Gasteiger partial charge in [-0.1, -0.05) is 0 Å². The molecule has 0 atom stereocenters. The molecule has 21 heavy (non-hydrogen) atoms. The largest absolute Gasteiger partial charge is 0.496 e. The number of nitrogens with one attached hydrogen (secondary N) is 2. The summed E-state index contributed by atoms with van der Waals surface area (Å²) in [7, 11) is -2.34. The van der Waals surface area contributed by atoms with E-state index >= 15 is 0 Å². The Morgan fingerprint density at radius 1 is 1.38 bits per heavy atom. The maximum absolute atomic E-state index is 11.5. The van der Waals surface area contributed by atoms with E-state index in [2.05, 4.69) is 10.6 Å². The van der Waals surface area contributed by atoms with Gasteiger partial charge >= 0.3 is 12.0 Å². The standard InChI is InChI=1S/C11H15N3O6S/c1-20-9-6-7(2-3-8(9)10(15)16)14-11(17)13-4-5-21(12,18)19/h2-3,6H,4-5H2,1H3,(H,15,16)(H2,12,18,19)(H2,13,14,17). The lowest BCUT2D eigenvalue weighted by atomic mass is 10.2. The monoisotopic (exact) mass is 317 g/mol. The molecule has 0 spiro atoms. The molecule has 2 amide bonds. The summed E-state index contributed by atoms with van der Waals surface area (Å²) in [6.07, 6.45) is 0. The summed E-state index contributed by atoms with van der Waals surface area (Å²) in [5.74, 6) is -1.46. The average molecular weight is 317 g/mol. The van der Waals surface area contributed by atoms with Crippen molar-refractivity contribution < 1.29 is 27.9 Å². The van der Waals surface area contributed by atoms with E-state index in [1.54, 1.807) is 0 Å². The van der Waals surface area contributed by atoms with Gasteiger partial charge in [-0.2, -0.15) is 0 Å². The number of rotatable bonds is 6. The first kappa shape index (κ1) is 16.7. The maximum Gasteiger partial charge on any atom is 0.339 e. The minimum atomic E-state index is -3.65. The Balaban J connectivity index is 2.66. The smallest absolute Gasteiger partial charge is 0.339 e. The Morgan fingerprint density at radius 3 is 2.57 bits per heavy atom. The zero-order valence-corrected chi connectivity index (χ0v) is 11.9. The summed E-state index contributed by atoms with van der Waals surface area (Å²) >= 11 is 0. The number of urea groups is 1. The number of hydrogen-bond acceptors (Lipinski definition) is 5. The fraction of sp³-hybridized carbons (Fsp3) is 0.273. The Labute approximate surface area is 121 Å². The van der Waals surface area contributed by atoms with Crippen molar-refractivity contribution in [3.63, 3.8) is 0 Å². The van der Waals surface area contributed by atoms with Crippen LogP contribution in [-0.2, 0) is 10.0 Å². The van der Waals surface area contributed by atoms with Gasteiger partial charge in [-0.25, -0.2) is 23.1 Å². The molecule has 0 fully saturated rings. The van der Waals surface area contributed by atoms with Crippen LogP contribution in [0, 0.1) is 0 Å². The molecular formula is C11H15N3O6S. The van der Waals surface area contributed by atoms with Gasteiger partial charge in [-0.3, -0.25) is 0 Å². The number of methoxy groups -OCH3 is 1. The van der Waals surface area contributed by atoms with Gasteiger partial charge in [0.05, 0.1) is 12.9 Å². The van der Waals surface area contributed by atoms with Crippen LogP contribution in [0.3, 0.4) is 0 Å². The van der Waals surface area contributed by atoms with Crippen LogP contribution in [0.2, 0.25) is 0 Å². The summed E-state index contributed by atoms with van der Waals surface area (Å²) in [4.78, 5) is 22.4. The van der Waals surface area contributed by atoms with Crippen molar-refractivity contribution in [2.45, 2.75) is 0 Å². The molecule has 0 saturated carbocycles. The van der Waals surface area contributed by atoms with E-state index in [9.17, 15) is 18.0 Å². The molecule has 0 aliphatic rings. The lowest BCUT2D eigenvalue weighted by molar-refractivity contribution is 0.0693. The minimum absolute atomic E-state index is 0.0438. The predicted molar refractivity (Wildman–Crippen MR) is 74.9 cm³/mol. The highest BCUT2D eigenvalue weighted by molar-refractivity contribution is 7.89. The topological polar surface area (TPSA) is 148 Å². The number of anilines is 1. The van der Waals surface area contributed by atoms with E-state index in [0.29, 0.717) is 5.69 Å². The quantitative estimate of drug-likeness (QED) is 0.571. The van der Waals surface area contributed by atoms with Crippen LogP contribution in [0.5, 0.6) is 5.75 Å². The lowest BCUT2D eigenvalue weighted by Gasteiger charge is -2.10. The molecule has 0 bridgehead atoms. The summed E-state index contributed by atoms with van der Waals surface area (Å²) in [5, 5.41) is 18.4. The molecule has 5 N–H and O–H groups in total. The number of carboxylic acids is 1. The highest BCUT2D eigenvalue weighted by Crippen LogP contribution is 2.23. The van der Waals surface area contributed by atoms with Crippen LogP contribution in [0.15, 0.2) is 18.2 Å². The van der Waals surface area contributed by atoms with Crippen molar-refractivity contribution in [1.29, 1.82) is 0 Å². The van der Waals surface area contributed by atoms with Crippen LogP contribution in [0.4, 0.5) is 10.5 Å². The van der Waals surface area contributed by atoms with Crippen molar-refractivity contribution in [3.05, 3.63) is 23.8 Å². The third-order valence-electron chi connectivity index (χ3n) is 2.36. The summed E-state index contributed by atoms with van der Waals surface area (Å²) in [6.45, 7) is -0.144. The first-order valence-electron chi connectivity index (χ1n) is 5.69. The van der Waals surface area contributed by atoms with Crippen LogP contribution in [0.1, 0.15) is 10.4 Å². The number of primary sulfonamides is 1. The Kier molecular flexibility index (Phi) is 5.50. The highest BCUT2D eigenvalue weighted by atomic mass is 32.2. The van der Waals surface area contributed by atoms with Crippen LogP contribution in [0.25, 0.3) is 0 Å². The van der Waals surface area contributed by atoms with Gasteiger partial charge in [0, 0.05) is 18.3 Å². The van der Waals surface area contributed by atoms with Crippen molar-refractivity contribution in [3.8, 4) is 5.75 Å². The van der Waals surface area contributed by atoms with E-state index in [1.807, 2.05) is 0 Å². The first-order chi connectivity index (χ1) is 9.73. The fourth-order valence-corrected chi connectivity index (χ4v) is 1.81. The minimum Gasteiger partial charge on any atom is -0.496 e. The van der Waals surface area contributed by atoms with Crippen LogP contribution < -0.4 is 20.5 Å². The average Bonchev–Trinajstić information content (AvgIpc) is 2.36. The number of aromatic carboxylic acids is 1. The maximum atomic E-state index is 11.5. The summed E-state index contributed by atoms with van der Waals surface area (Å²) < 4.78 is 26.3. The fourth-order valence-electron chi connectivity index (χ4n) is 1.43. The molecule has 0 radical (unpaired) electrons.